The summed E-state index contributed by atoms with van der Waals surface area (Å²) < 4.78 is 23.7. The van der Waals surface area contributed by atoms with Gasteiger partial charge >= 0.3 is 0 Å². The Morgan fingerprint density at radius 1 is 1.27 bits per heavy atom. The molecule has 2 heterocycles. The summed E-state index contributed by atoms with van der Waals surface area (Å²) in [5.74, 6) is -1.77. The minimum atomic E-state index is -0.851. The largest absolute Gasteiger partial charge is 0.503 e. The molecule has 0 spiro atoms. The molecule has 0 fully saturated rings. The van der Waals surface area contributed by atoms with Crippen LogP contribution in [0.25, 0.3) is 0 Å². The second kappa shape index (κ2) is 7.13. The van der Waals surface area contributed by atoms with Crippen LogP contribution in [0.2, 0.25) is 0 Å². The number of halogens is 1. The number of rotatable bonds is 6. The van der Waals surface area contributed by atoms with Gasteiger partial charge in [0.15, 0.2) is 11.5 Å². The Labute approximate surface area is 149 Å². The molecular weight excluding hydrogens is 341 g/mol. The first-order chi connectivity index (χ1) is 12.4. The molecule has 1 N–H and O–H groups in total. The lowest BCUT2D eigenvalue weighted by Gasteiger charge is -2.26. The fourth-order valence-corrected chi connectivity index (χ4v) is 2.99. The molecule has 0 saturated heterocycles. The summed E-state index contributed by atoms with van der Waals surface area (Å²) in [6.07, 6.45) is 0. The Morgan fingerprint density at radius 3 is 2.54 bits per heavy atom. The summed E-state index contributed by atoms with van der Waals surface area (Å²) in [4.78, 5) is 26.7. The van der Waals surface area contributed by atoms with E-state index >= 15 is 0 Å². The number of carbonyl (C=O) groups is 2. The van der Waals surface area contributed by atoms with Crippen molar-refractivity contribution in [3.63, 3.8) is 0 Å². The van der Waals surface area contributed by atoms with Crippen LogP contribution >= 0.6 is 0 Å². The molecular formula is C19H18FNO5. The van der Waals surface area contributed by atoms with E-state index in [0.717, 1.165) is 0 Å². The number of ketones is 1. The molecule has 1 atom stereocenters. The number of furan rings is 1. The predicted molar refractivity (Wildman–Crippen MR) is 90.2 cm³/mol. The van der Waals surface area contributed by atoms with Crippen molar-refractivity contribution in [1.29, 1.82) is 0 Å². The maximum atomic E-state index is 13.3. The number of aliphatic hydroxyl groups is 1. The summed E-state index contributed by atoms with van der Waals surface area (Å²) >= 11 is 0. The normalized spacial score (nSPS) is 17.3. The monoisotopic (exact) mass is 359 g/mol. The molecule has 6 nitrogen and oxygen atoms in total. The van der Waals surface area contributed by atoms with Crippen molar-refractivity contribution in [1.82, 2.24) is 4.90 Å². The highest BCUT2D eigenvalue weighted by atomic mass is 19.1. The van der Waals surface area contributed by atoms with Gasteiger partial charge in [-0.2, -0.15) is 0 Å². The highest BCUT2D eigenvalue weighted by Crippen LogP contribution is 2.39. The number of hydrogen-bond donors (Lipinski definition) is 1. The van der Waals surface area contributed by atoms with Crippen molar-refractivity contribution >= 4 is 11.7 Å². The van der Waals surface area contributed by atoms with Crippen molar-refractivity contribution in [3.05, 3.63) is 70.6 Å². The summed E-state index contributed by atoms with van der Waals surface area (Å²) in [6, 6.07) is 7.69. The SMILES string of the molecule is COCCN1C(=O)C(O)=C(C(=O)c2ccc(C)o2)[C@@H]1c1ccc(F)cc1. The van der Waals surface area contributed by atoms with E-state index in [-0.39, 0.29) is 24.5 Å². The fraction of sp³-hybridized carbons (Fsp3) is 0.263. The average molecular weight is 359 g/mol. The molecule has 1 aliphatic rings. The minimum absolute atomic E-state index is 0.0255. The lowest BCUT2D eigenvalue weighted by molar-refractivity contribution is -0.130. The van der Waals surface area contributed by atoms with Gasteiger partial charge in [-0.1, -0.05) is 12.1 Å². The number of carbonyl (C=O) groups excluding carboxylic acids is 2. The second-order valence-electron chi connectivity index (χ2n) is 5.95. The van der Waals surface area contributed by atoms with Crippen LogP contribution in [-0.2, 0) is 9.53 Å². The number of benzene rings is 1. The molecule has 1 aliphatic heterocycles. The first-order valence-corrected chi connectivity index (χ1v) is 8.03. The number of Topliss-reactive ketones (excluding diaryl/α,β-unsaturated/α-hetero) is 1. The minimum Gasteiger partial charge on any atom is -0.503 e. The van der Waals surface area contributed by atoms with Gasteiger partial charge in [0.2, 0.25) is 5.78 Å². The van der Waals surface area contributed by atoms with Crippen molar-refractivity contribution in [3.8, 4) is 0 Å². The first-order valence-electron chi connectivity index (χ1n) is 8.03. The maximum Gasteiger partial charge on any atom is 0.290 e. The fourth-order valence-electron chi connectivity index (χ4n) is 2.99. The number of ether oxygens (including phenoxy) is 1. The van der Waals surface area contributed by atoms with Crippen LogP contribution in [0.3, 0.4) is 0 Å². The molecule has 0 aliphatic carbocycles. The number of aliphatic hydroxyl groups excluding tert-OH is 1. The summed E-state index contributed by atoms with van der Waals surface area (Å²) in [5, 5.41) is 10.4. The molecule has 1 amide bonds. The Bertz CT molecular complexity index is 868. The predicted octanol–water partition coefficient (Wildman–Crippen LogP) is 2.95. The lowest BCUT2D eigenvalue weighted by Crippen LogP contribution is -2.34. The third-order valence-corrected chi connectivity index (χ3v) is 4.23. The number of nitrogens with zero attached hydrogens (tertiary/aromatic N) is 1. The van der Waals surface area contributed by atoms with Gasteiger partial charge in [-0.25, -0.2) is 4.39 Å². The molecule has 0 bridgehead atoms. The zero-order chi connectivity index (χ0) is 18.8. The van der Waals surface area contributed by atoms with Crippen LogP contribution in [0.5, 0.6) is 0 Å². The van der Waals surface area contributed by atoms with Gasteiger partial charge < -0.3 is 19.2 Å². The van der Waals surface area contributed by atoms with Crippen LogP contribution in [0, 0.1) is 12.7 Å². The highest BCUT2D eigenvalue weighted by molar-refractivity contribution is 6.15. The van der Waals surface area contributed by atoms with Gasteiger partial charge in [-0.05, 0) is 36.8 Å². The van der Waals surface area contributed by atoms with E-state index in [9.17, 15) is 19.1 Å². The zero-order valence-electron chi connectivity index (χ0n) is 14.4. The van der Waals surface area contributed by atoms with Gasteiger partial charge in [0.25, 0.3) is 5.91 Å². The van der Waals surface area contributed by atoms with Gasteiger partial charge in [0, 0.05) is 13.7 Å². The lowest BCUT2D eigenvalue weighted by atomic mass is 9.95. The Morgan fingerprint density at radius 2 is 1.96 bits per heavy atom. The Balaban J connectivity index is 2.07. The molecule has 0 radical (unpaired) electrons. The van der Waals surface area contributed by atoms with Crippen molar-refractivity contribution in [2.24, 2.45) is 0 Å². The summed E-state index contributed by atoms with van der Waals surface area (Å²) in [6.45, 7) is 2.07. The highest BCUT2D eigenvalue weighted by Gasteiger charge is 2.44. The van der Waals surface area contributed by atoms with E-state index in [2.05, 4.69) is 0 Å². The van der Waals surface area contributed by atoms with Crippen LogP contribution in [-0.4, -0.2) is 42.0 Å². The van der Waals surface area contributed by atoms with Crippen molar-refractivity contribution < 1.29 is 28.2 Å². The van der Waals surface area contributed by atoms with E-state index in [1.807, 2.05) is 0 Å². The Kier molecular flexibility index (Phi) is 4.90. The first kappa shape index (κ1) is 17.9. The molecule has 26 heavy (non-hydrogen) atoms. The van der Waals surface area contributed by atoms with Crippen LogP contribution in [0.1, 0.15) is 27.9 Å². The van der Waals surface area contributed by atoms with Gasteiger partial charge in [-0.3, -0.25) is 9.59 Å². The topological polar surface area (TPSA) is 80.0 Å². The number of aryl methyl sites for hydroxylation is 1. The smallest absolute Gasteiger partial charge is 0.290 e. The molecule has 1 aromatic carbocycles. The summed E-state index contributed by atoms with van der Waals surface area (Å²) in [5.41, 5.74) is 0.415. The number of methoxy groups -OCH3 is 1. The van der Waals surface area contributed by atoms with Crippen LogP contribution < -0.4 is 0 Å². The van der Waals surface area contributed by atoms with E-state index in [1.165, 1.54) is 42.3 Å². The Hall–Kier alpha value is -2.93. The molecule has 7 heteroatoms. The molecule has 136 valence electrons. The van der Waals surface area contributed by atoms with Gasteiger partial charge in [0.05, 0.1) is 18.2 Å². The van der Waals surface area contributed by atoms with Crippen molar-refractivity contribution in [2.45, 2.75) is 13.0 Å². The third-order valence-electron chi connectivity index (χ3n) is 4.23. The van der Waals surface area contributed by atoms with E-state index in [1.54, 1.807) is 13.0 Å². The molecule has 3 rings (SSSR count). The molecule has 2 aromatic rings. The van der Waals surface area contributed by atoms with Gasteiger partial charge in [0.1, 0.15) is 11.6 Å². The standard InChI is InChI=1S/C19H18FNO5/c1-11-3-8-14(26-11)17(22)15-16(12-4-6-13(20)7-5-12)21(9-10-25-2)19(24)18(15)23/h3-8,16,23H,9-10H2,1-2H3/t16-/m0/s1. The average Bonchev–Trinajstić information content (AvgIpc) is 3.16. The van der Waals surface area contributed by atoms with E-state index < -0.39 is 29.3 Å². The number of hydrogen-bond acceptors (Lipinski definition) is 5. The third kappa shape index (κ3) is 3.13. The van der Waals surface area contributed by atoms with Crippen LogP contribution in [0.15, 0.2) is 52.1 Å². The van der Waals surface area contributed by atoms with Crippen molar-refractivity contribution in [2.75, 3.05) is 20.3 Å². The summed E-state index contributed by atoms with van der Waals surface area (Å²) in [7, 11) is 1.48. The zero-order valence-corrected chi connectivity index (χ0v) is 14.4. The van der Waals surface area contributed by atoms with E-state index in [0.29, 0.717) is 11.3 Å². The molecule has 0 unspecified atom stereocenters. The molecule has 0 saturated carbocycles. The van der Waals surface area contributed by atoms with E-state index in [4.69, 9.17) is 9.15 Å². The van der Waals surface area contributed by atoms with Gasteiger partial charge in [-0.15, -0.1) is 0 Å². The molecule has 1 aromatic heterocycles. The quantitative estimate of drug-likeness (QED) is 0.802. The second-order valence-corrected chi connectivity index (χ2v) is 5.95. The van der Waals surface area contributed by atoms with Crippen LogP contribution in [0.4, 0.5) is 4.39 Å². The maximum absolute atomic E-state index is 13.3. The number of amides is 1.